The molecule has 0 aromatic carbocycles. The van der Waals surface area contributed by atoms with Gasteiger partial charge in [0, 0.05) is 18.8 Å². The Kier molecular flexibility index (Phi) is 12.1. The minimum atomic E-state index is -1.71. The van der Waals surface area contributed by atoms with Crippen LogP contribution in [0.15, 0.2) is 0 Å². The number of aliphatic hydroxyl groups is 8. The normalized spacial score (nSPS) is 60.5. The monoisotopic (exact) mass is 856 g/mol. The molecule has 1 spiro atoms. The van der Waals surface area contributed by atoms with Gasteiger partial charge in [-0.1, -0.05) is 27.7 Å². The quantitative estimate of drug-likeness (QED) is 0.174. The highest BCUT2D eigenvalue weighted by molar-refractivity contribution is 5.16. The summed E-state index contributed by atoms with van der Waals surface area (Å²) in [5.74, 6) is 2.52. The molecule has 0 amide bonds. The van der Waals surface area contributed by atoms with E-state index in [1.807, 2.05) is 0 Å². The molecule has 9 rings (SSSR count). The predicted octanol–water partition coefficient (Wildman–Crippen LogP) is 0.932. The summed E-state index contributed by atoms with van der Waals surface area (Å²) in [6, 6.07) is 0. The lowest BCUT2D eigenvalue weighted by Gasteiger charge is -2.62. The molecule has 5 heterocycles. The van der Waals surface area contributed by atoms with E-state index in [9.17, 15) is 40.9 Å². The molecule has 27 atom stereocenters. The Hall–Kier alpha value is -0.640. The van der Waals surface area contributed by atoms with E-state index in [0.717, 1.165) is 51.6 Å². The lowest BCUT2D eigenvalue weighted by molar-refractivity contribution is -0.379. The van der Waals surface area contributed by atoms with Crippen molar-refractivity contribution in [3.05, 3.63) is 0 Å². The Labute approximate surface area is 353 Å². The summed E-state index contributed by atoms with van der Waals surface area (Å²) in [6.07, 6.45) is -12.1. The molecule has 344 valence electrons. The number of rotatable bonds is 6. The molecule has 9 aliphatic rings. The number of hydrogen-bond acceptors (Lipinski definition) is 16. The summed E-state index contributed by atoms with van der Waals surface area (Å²) in [5, 5.41) is 87.6. The van der Waals surface area contributed by atoms with Gasteiger partial charge < -0.3 is 78.7 Å². The van der Waals surface area contributed by atoms with E-state index < -0.39 is 104 Å². The minimum Gasteiger partial charge on any atom is -0.392 e. The van der Waals surface area contributed by atoms with Crippen LogP contribution in [0.1, 0.15) is 99.3 Å². The van der Waals surface area contributed by atoms with Crippen molar-refractivity contribution in [1.82, 2.24) is 0 Å². The van der Waals surface area contributed by atoms with Gasteiger partial charge in [-0.3, -0.25) is 0 Å². The zero-order chi connectivity index (χ0) is 42.8. The van der Waals surface area contributed by atoms with Crippen LogP contribution in [-0.4, -0.2) is 164 Å². The first-order valence-electron chi connectivity index (χ1n) is 23.0. The number of fused-ring (bicyclic) bond motifs is 7. The average Bonchev–Trinajstić information content (AvgIpc) is 3.66. The van der Waals surface area contributed by atoms with Gasteiger partial charge in [-0.2, -0.15) is 0 Å². The molecule has 4 aliphatic carbocycles. The summed E-state index contributed by atoms with van der Waals surface area (Å²) in [7, 11) is 0. The molecule has 16 heteroatoms. The van der Waals surface area contributed by atoms with Gasteiger partial charge >= 0.3 is 0 Å². The standard InChI is InChI=1S/C44H72O16/c1-18-9-12-44(54-16-18)19(2)30-28(60-44)15-26-24-8-7-22-13-23(14-29(46)43(22,6)25(24)10-11-42(26,30)5)57-41-38(33(49)27(45)17-53-41)59-40-36(52)37(32(48)21(4)56-40)58-39-35(51)34(50)31(47)20(3)55-39/h18-41,45-52H,7-17H2,1-6H3. The van der Waals surface area contributed by atoms with Crippen molar-refractivity contribution in [3.63, 3.8) is 0 Å². The van der Waals surface area contributed by atoms with Crippen molar-refractivity contribution in [3.8, 4) is 0 Å². The molecule has 0 bridgehead atoms. The lowest BCUT2D eigenvalue weighted by Crippen LogP contribution is -2.65. The number of hydrogen-bond donors (Lipinski definition) is 8. The van der Waals surface area contributed by atoms with Crippen molar-refractivity contribution in [2.24, 2.45) is 52.3 Å². The molecule has 27 unspecified atom stereocenters. The zero-order valence-corrected chi connectivity index (χ0v) is 36.0. The first kappa shape index (κ1) is 44.6. The third kappa shape index (κ3) is 7.09. The number of ether oxygens (including phenoxy) is 8. The fraction of sp³-hybridized carbons (Fsp3) is 1.00. The second-order valence-corrected chi connectivity index (χ2v) is 21.1. The van der Waals surface area contributed by atoms with Gasteiger partial charge in [-0.25, -0.2) is 0 Å². The van der Waals surface area contributed by atoms with Gasteiger partial charge in [0.25, 0.3) is 0 Å². The second kappa shape index (κ2) is 16.4. The summed E-state index contributed by atoms with van der Waals surface area (Å²) in [4.78, 5) is 0. The highest BCUT2D eigenvalue weighted by Gasteiger charge is 2.70. The predicted molar refractivity (Wildman–Crippen MR) is 208 cm³/mol. The largest absolute Gasteiger partial charge is 0.392 e. The van der Waals surface area contributed by atoms with Crippen molar-refractivity contribution in [2.45, 2.75) is 209 Å². The van der Waals surface area contributed by atoms with E-state index in [0.29, 0.717) is 48.3 Å². The van der Waals surface area contributed by atoms with Crippen LogP contribution >= 0.6 is 0 Å². The maximum absolute atomic E-state index is 12.2. The molecule has 0 aromatic heterocycles. The van der Waals surface area contributed by atoms with Crippen LogP contribution in [0.4, 0.5) is 0 Å². The molecule has 16 nitrogen and oxygen atoms in total. The average molecular weight is 857 g/mol. The van der Waals surface area contributed by atoms with Gasteiger partial charge in [0.05, 0.1) is 43.7 Å². The van der Waals surface area contributed by atoms with E-state index in [4.69, 9.17) is 37.9 Å². The van der Waals surface area contributed by atoms with E-state index in [1.165, 1.54) is 13.8 Å². The van der Waals surface area contributed by atoms with E-state index in [1.54, 1.807) is 0 Å². The van der Waals surface area contributed by atoms with Crippen LogP contribution in [0.3, 0.4) is 0 Å². The Balaban J connectivity index is 0.860. The summed E-state index contributed by atoms with van der Waals surface area (Å²) >= 11 is 0. The smallest absolute Gasteiger partial charge is 0.187 e. The van der Waals surface area contributed by atoms with Crippen LogP contribution in [-0.2, 0) is 37.9 Å². The van der Waals surface area contributed by atoms with E-state index in [2.05, 4.69) is 27.7 Å². The molecule has 5 saturated heterocycles. The van der Waals surface area contributed by atoms with Crippen LogP contribution < -0.4 is 0 Å². The summed E-state index contributed by atoms with van der Waals surface area (Å²) < 4.78 is 49.4. The van der Waals surface area contributed by atoms with Crippen LogP contribution in [0.25, 0.3) is 0 Å². The zero-order valence-electron chi connectivity index (χ0n) is 36.0. The molecule has 0 radical (unpaired) electrons. The van der Waals surface area contributed by atoms with Gasteiger partial charge in [0.15, 0.2) is 24.7 Å². The molecule has 4 saturated carbocycles. The first-order chi connectivity index (χ1) is 28.4. The lowest BCUT2D eigenvalue weighted by atomic mass is 9.43. The highest BCUT2D eigenvalue weighted by Crippen LogP contribution is 2.71. The Morgan fingerprint density at radius 3 is 2.02 bits per heavy atom. The van der Waals surface area contributed by atoms with Crippen LogP contribution in [0.5, 0.6) is 0 Å². The number of aliphatic hydroxyl groups excluding tert-OH is 8. The maximum atomic E-state index is 12.2. The van der Waals surface area contributed by atoms with E-state index in [-0.39, 0.29) is 29.5 Å². The molecule has 8 N–H and O–H groups in total. The Bertz CT molecular complexity index is 1520. The fourth-order valence-electron chi connectivity index (χ4n) is 14.3. The first-order valence-corrected chi connectivity index (χ1v) is 23.0. The van der Waals surface area contributed by atoms with Crippen molar-refractivity contribution >= 4 is 0 Å². The molecule has 5 aliphatic heterocycles. The SMILES string of the molecule is CC1CCC2(OC1)OC1CC3C4CCC5CC(OC6OCC(O)C(O)C6OC6OC(C)C(O)C(OC7OC(C)C(O)C(O)C7O)C6O)CC(O)C5(C)C4CCC3(C)C1C2C. The van der Waals surface area contributed by atoms with Crippen LogP contribution in [0.2, 0.25) is 0 Å². The molecular formula is C44H72O16. The third-order valence-corrected chi connectivity index (χ3v) is 17.9. The fourth-order valence-corrected chi connectivity index (χ4v) is 14.3. The molecule has 9 fully saturated rings. The molecular weight excluding hydrogens is 784 g/mol. The molecule has 0 aromatic rings. The van der Waals surface area contributed by atoms with Gasteiger partial charge in [-0.05, 0) is 105 Å². The second-order valence-electron chi connectivity index (χ2n) is 21.1. The Morgan fingerprint density at radius 2 is 1.30 bits per heavy atom. The van der Waals surface area contributed by atoms with Crippen molar-refractivity contribution in [2.75, 3.05) is 13.2 Å². The topological polar surface area (TPSA) is 236 Å². The third-order valence-electron chi connectivity index (χ3n) is 17.9. The van der Waals surface area contributed by atoms with Crippen LogP contribution in [0, 0.1) is 52.3 Å². The molecule has 60 heavy (non-hydrogen) atoms. The van der Waals surface area contributed by atoms with Crippen molar-refractivity contribution < 1.29 is 78.7 Å². The highest BCUT2D eigenvalue weighted by atomic mass is 16.8. The van der Waals surface area contributed by atoms with Gasteiger partial charge in [0.1, 0.15) is 54.9 Å². The summed E-state index contributed by atoms with van der Waals surface area (Å²) in [5.41, 5.74) is -0.133. The maximum Gasteiger partial charge on any atom is 0.187 e. The van der Waals surface area contributed by atoms with Gasteiger partial charge in [-0.15, -0.1) is 0 Å². The summed E-state index contributed by atoms with van der Waals surface area (Å²) in [6.45, 7) is 13.0. The Morgan fingerprint density at radius 1 is 0.600 bits per heavy atom. The van der Waals surface area contributed by atoms with Crippen molar-refractivity contribution in [1.29, 1.82) is 0 Å². The van der Waals surface area contributed by atoms with Gasteiger partial charge in [0.2, 0.25) is 0 Å². The van der Waals surface area contributed by atoms with E-state index >= 15 is 0 Å². The minimum absolute atomic E-state index is 0.168.